The number of nitrogens with zero attached hydrogens (tertiary/aromatic N) is 2. The lowest BCUT2D eigenvalue weighted by atomic mass is 10.2. The first-order chi connectivity index (χ1) is 8.56. The number of aliphatic hydroxyl groups is 1. The molecule has 0 saturated carbocycles. The third kappa shape index (κ3) is 5.12. The van der Waals surface area contributed by atoms with Crippen molar-refractivity contribution in [2.75, 3.05) is 26.0 Å². The van der Waals surface area contributed by atoms with E-state index < -0.39 is 10.0 Å². The summed E-state index contributed by atoms with van der Waals surface area (Å²) in [5.41, 5.74) is 1.07. The van der Waals surface area contributed by atoms with Gasteiger partial charge in [-0.3, -0.25) is 4.98 Å². The van der Waals surface area contributed by atoms with Gasteiger partial charge in [0.05, 0.1) is 5.75 Å². The van der Waals surface area contributed by atoms with Crippen LogP contribution in [0.2, 0.25) is 0 Å². The summed E-state index contributed by atoms with van der Waals surface area (Å²) in [5, 5.41) is 8.64. The smallest absolute Gasteiger partial charge is 0.213 e. The van der Waals surface area contributed by atoms with Crippen LogP contribution in [0.3, 0.4) is 0 Å². The molecular weight excluding hydrogens is 252 g/mol. The van der Waals surface area contributed by atoms with Crippen LogP contribution in [0.15, 0.2) is 24.5 Å². The molecule has 0 saturated heterocycles. The van der Waals surface area contributed by atoms with Crippen molar-refractivity contribution in [1.29, 1.82) is 0 Å². The molecule has 1 aromatic heterocycles. The van der Waals surface area contributed by atoms with Crippen molar-refractivity contribution in [2.24, 2.45) is 0 Å². The topological polar surface area (TPSA) is 70.5 Å². The predicted octanol–water partition coefficient (Wildman–Crippen LogP) is 0.658. The molecule has 6 heteroatoms. The average Bonchev–Trinajstić information content (AvgIpc) is 2.37. The Labute approximate surface area is 109 Å². The fourth-order valence-corrected chi connectivity index (χ4v) is 2.78. The normalized spacial score (nSPS) is 11.9. The quantitative estimate of drug-likeness (QED) is 0.706. The molecule has 1 rings (SSSR count). The van der Waals surface area contributed by atoms with Crippen LogP contribution >= 0.6 is 0 Å². The van der Waals surface area contributed by atoms with E-state index in [4.69, 9.17) is 5.11 Å². The van der Waals surface area contributed by atoms with E-state index >= 15 is 0 Å². The molecule has 0 aliphatic rings. The van der Waals surface area contributed by atoms with Gasteiger partial charge in [-0.1, -0.05) is 0 Å². The lowest BCUT2D eigenvalue weighted by Crippen LogP contribution is -2.31. The van der Waals surface area contributed by atoms with E-state index in [1.165, 1.54) is 4.31 Å². The summed E-state index contributed by atoms with van der Waals surface area (Å²) in [7, 11) is -1.60. The monoisotopic (exact) mass is 272 g/mol. The summed E-state index contributed by atoms with van der Waals surface area (Å²) in [6, 6.07) is 3.76. The second kappa shape index (κ2) is 7.45. The molecule has 18 heavy (non-hydrogen) atoms. The molecule has 0 aliphatic heterocycles. The van der Waals surface area contributed by atoms with Gasteiger partial charge in [-0.25, -0.2) is 12.7 Å². The Hall–Kier alpha value is -0.980. The van der Waals surface area contributed by atoms with Crippen molar-refractivity contribution < 1.29 is 13.5 Å². The Morgan fingerprint density at radius 1 is 1.28 bits per heavy atom. The number of pyridine rings is 1. The molecule has 0 amide bonds. The number of hydrogen-bond acceptors (Lipinski definition) is 4. The van der Waals surface area contributed by atoms with Crippen molar-refractivity contribution in [3.05, 3.63) is 30.1 Å². The molecular formula is C12H20N2O3S. The minimum atomic E-state index is -3.20. The Bertz CT molecular complexity index is 434. The maximum absolute atomic E-state index is 11.9. The molecule has 0 aliphatic carbocycles. The summed E-state index contributed by atoms with van der Waals surface area (Å²) in [5.74, 6) is 0.0976. The first-order valence-corrected chi connectivity index (χ1v) is 7.61. The van der Waals surface area contributed by atoms with Crippen LogP contribution in [0.1, 0.15) is 18.4 Å². The van der Waals surface area contributed by atoms with Gasteiger partial charge in [0, 0.05) is 32.6 Å². The van der Waals surface area contributed by atoms with Crippen LogP contribution in [0.25, 0.3) is 0 Å². The standard InChI is InChI=1S/C12H20N2O3S/c1-14(18(16,17)11-3-2-10-15)9-6-12-4-7-13-8-5-12/h4-5,7-8,15H,2-3,6,9-11H2,1H3. The highest BCUT2D eigenvalue weighted by molar-refractivity contribution is 7.89. The minimum absolute atomic E-state index is 0.0379. The maximum Gasteiger partial charge on any atom is 0.213 e. The first kappa shape index (κ1) is 15.1. The van der Waals surface area contributed by atoms with Gasteiger partial charge < -0.3 is 5.11 Å². The van der Waals surface area contributed by atoms with Crippen LogP contribution in [-0.4, -0.2) is 48.8 Å². The number of hydrogen-bond donors (Lipinski definition) is 1. The summed E-state index contributed by atoms with van der Waals surface area (Å²) in [6.45, 7) is 0.502. The Morgan fingerprint density at radius 3 is 2.56 bits per heavy atom. The maximum atomic E-state index is 11.9. The van der Waals surface area contributed by atoms with Crippen molar-refractivity contribution in [2.45, 2.75) is 19.3 Å². The summed E-state index contributed by atoms with van der Waals surface area (Å²) in [4.78, 5) is 3.92. The van der Waals surface area contributed by atoms with Gasteiger partial charge in [0.1, 0.15) is 0 Å². The molecule has 5 nitrogen and oxygen atoms in total. The zero-order valence-electron chi connectivity index (χ0n) is 10.6. The van der Waals surface area contributed by atoms with Gasteiger partial charge in [0.2, 0.25) is 10.0 Å². The molecule has 102 valence electrons. The van der Waals surface area contributed by atoms with Crippen molar-refractivity contribution in [3.63, 3.8) is 0 Å². The summed E-state index contributed by atoms with van der Waals surface area (Å²) in [6.07, 6.45) is 5.10. The van der Waals surface area contributed by atoms with Crippen LogP contribution in [0.4, 0.5) is 0 Å². The predicted molar refractivity (Wildman–Crippen MR) is 70.7 cm³/mol. The molecule has 0 unspecified atom stereocenters. The van der Waals surface area contributed by atoms with Gasteiger partial charge in [-0.15, -0.1) is 0 Å². The molecule has 1 N–H and O–H groups in total. The molecule has 1 aromatic rings. The third-order valence-electron chi connectivity index (χ3n) is 2.75. The number of likely N-dealkylation sites (N-methyl/N-ethyl adjacent to an activating group) is 1. The van der Waals surface area contributed by atoms with Crippen molar-refractivity contribution in [1.82, 2.24) is 9.29 Å². The minimum Gasteiger partial charge on any atom is -0.396 e. The lowest BCUT2D eigenvalue weighted by molar-refractivity contribution is 0.287. The zero-order chi connectivity index (χ0) is 13.4. The van der Waals surface area contributed by atoms with Crippen LogP contribution in [-0.2, 0) is 16.4 Å². The number of rotatable bonds is 8. The molecule has 0 bridgehead atoms. The summed E-state index contributed by atoms with van der Waals surface area (Å²) >= 11 is 0. The number of unbranched alkanes of at least 4 members (excludes halogenated alkanes) is 1. The number of aromatic nitrogens is 1. The number of aliphatic hydroxyl groups excluding tert-OH is 1. The van der Waals surface area contributed by atoms with E-state index in [-0.39, 0.29) is 12.4 Å². The molecule has 1 heterocycles. The Balaban J connectivity index is 2.42. The van der Waals surface area contributed by atoms with Gasteiger partial charge in [-0.2, -0.15) is 0 Å². The molecule has 0 atom stereocenters. The van der Waals surface area contributed by atoms with Crippen molar-refractivity contribution >= 4 is 10.0 Å². The van der Waals surface area contributed by atoms with E-state index in [1.54, 1.807) is 19.4 Å². The second-order valence-corrected chi connectivity index (χ2v) is 6.37. The third-order valence-corrected chi connectivity index (χ3v) is 4.69. The summed E-state index contributed by atoms with van der Waals surface area (Å²) < 4.78 is 25.1. The number of sulfonamides is 1. The fraction of sp³-hybridized carbons (Fsp3) is 0.583. The van der Waals surface area contributed by atoms with Crippen LogP contribution in [0, 0.1) is 0 Å². The first-order valence-electron chi connectivity index (χ1n) is 6.00. The van der Waals surface area contributed by atoms with E-state index in [1.807, 2.05) is 12.1 Å². The van der Waals surface area contributed by atoms with Gasteiger partial charge >= 0.3 is 0 Å². The van der Waals surface area contributed by atoms with Gasteiger partial charge in [0.25, 0.3) is 0 Å². The Morgan fingerprint density at radius 2 is 1.94 bits per heavy atom. The van der Waals surface area contributed by atoms with Gasteiger partial charge in [-0.05, 0) is 37.0 Å². The van der Waals surface area contributed by atoms with E-state index in [9.17, 15) is 8.42 Å². The Kier molecular flexibility index (Phi) is 6.24. The average molecular weight is 272 g/mol. The molecule has 0 aromatic carbocycles. The highest BCUT2D eigenvalue weighted by Gasteiger charge is 2.16. The van der Waals surface area contributed by atoms with Crippen molar-refractivity contribution in [3.8, 4) is 0 Å². The van der Waals surface area contributed by atoms with Crippen LogP contribution in [0.5, 0.6) is 0 Å². The fourth-order valence-electron chi connectivity index (χ4n) is 1.53. The SMILES string of the molecule is CN(CCc1ccncc1)S(=O)(=O)CCCCO. The lowest BCUT2D eigenvalue weighted by Gasteiger charge is -2.16. The van der Waals surface area contributed by atoms with E-state index in [0.29, 0.717) is 25.8 Å². The van der Waals surface area contributed by atoms with E-state index in [2.05, 4.69) is 4.98 Å². The van der Waals surface area contributed by atoms with Gasteiger partial charge in [0.15, 0.2) is 0 Å². The largest absolute Gasteiger partial charge is 0.396 e. The highest BCUT2D eigenvalue weighted by Crippen LogP contribution is 2.05. The molecule has 0 radical (unpaired) electrons. The second-order valence-electron chi connectivity index (χ2n) is 4.17. The van der Waals surface area contributed by atoms with Crippen LogP contribution < -0.4 is 0 Å². The highest BCUT2D eigenvalue weighted by atomic mass is 32.2. The zero-order valence-corrected chi connectivity index (χ0v) is 11.4. The van der Waals surface area contributed by atoms with E-state index in [0.717, 1.165) is 5.56 Å². The molecule has 0 fully saturated rings. The molecule has 0 spiro atoms.